The number of nitrogens with two attached hydrogens (primary N) is 1. The lowest BCUT2D eigenvalue weighted by Crippen LogP contribution is -2.30. The van der Waals surface area contributed by atoms with Gasteiger partial charge in [0.05, 0.1) is 13.2 Å². The minimum atomic E-state index is -4.26. The number of ether oxygens (including phenoxy) is 2. The summed E-state index contributed by atoms with van der Waals surface area (Å²) in [6.07, 6.45) is 0.385. The van der Waals surface area contributed by atoms with Crippen LogP contribution in [0, 0.1) is 11.8 Å². The van der Waals surface area contributed by atoms with Gasteiger partial charge in [0.1, 0.15) is 6.61 Å². The van der Waals surface area contributed by atoms with Crippen LogP contribution >= 0.6 is 0 Å². The summed E-state index contributed by atoms with van der Waals surface area (Å²) in [6, 6.07) is 0. The third-order valence-corrected chi connectivity index (χ3v) is 3.34. The average molecular weight is 269 g/mol. The molecule has 0 aromatic heterocycles. The zero-order chi connectivity index (χ0) is 13.4. The van der Waals surface area contributed by atoms with Gasteiger partial charge in [-0.05, 0) is 31.2 Å². The molecule has 108 valence electrons. The zero-order valence-corrected chi connectivity index (χ0v) is 10.5. The van der Waals surface area contributed by atoms with Gasteiger partial charge in [-0.15, -0.1) is 0 Å². The fourth-order valence-corrected chi connectivity index (χ4v) is 2.35. The molecule has 0 bridgehead atoms. The van der Waals surface area contributed by atoms with Gasteiger partial charge >= 0.3 is 6.18 Å². The molecule has 0 aromatic rings. The summed E-state index contributed by atoms with van der Waals surface area (Å²) in [5.41, 5.74) is 5.69. The Kier molecular flexibility index (Phi) is 6.96. The number of hydrogen-bond donors (Lipinski definition) is 1. The highest BCUT2D eigenvalue weighted by atomic mass is 19.4. The molecule has 0 radical (unpaired) electrons. The van der Waals surface area contributed by atoms with Crippen molar-refractivity contribution in [1.82, 2.24) is 0 Å². The van der Waals surface area contributed by atoms with E-state index < -0.39 is 12.8 Å². The van der Waals surface area contributed by atoms with E-state index in [1.165, 1.54) is 12.8 Å². The summed E-state index contributed by atoms with van der Waals surface area (Å²) in [7, 11) is 0. The van der Waals surface area contributed by atoms with Crippen LogP contribution in [0.4, 0.5) is 13.2 Å². The summed E-state index contributed by atoms with van der Waals surface area (Å²) < 4.78 is 45.2. The average Bonchev–Trinajstić information content (AvgIpc) is 2.32. The van der Waals surface area contributed by atoms with Gasteiger partial charge in [0.15, 0.2) is 0 Å². The third kappa shape index (κ3) is 6.56. The lowest BCUT2D eigenvalue weighted by molar-refractivity contribution is -0.176. The normalized spacial score (nSPS) is 25.3. The molecule has 1 aliphatic carbocycles. The van der Waals surface area contributed by atoms with Crippen LogP contribution in [0.15, 0.2) is 0 Å². The zero-order valence-electron chi connectivity index (χ0n) is 10.5. The Morgan fingerprint density at radius 1 is 1.00 bits per heavy atom. The first kappa shape index (κ1) is 15.7. The highest BCUT2D eigenvalue weighted by Gasteiger charge is 2.27. The predicted molar refractivity (Wildman–Crippen MR) is 62.2 cm³/mol. The number of hydrogen-bond acceptors (Lipinski definition) is 3. The molecule has 6 heteroatoms. The van der Waals surface area contributed by atoms with Crippen LogP contribution in [0.1, 0.15) is 25.7 Å². The molecule has 0 aliphatic heterocycles. The maximum atomic E-state index is 11.8. The number of alkyl halides is 3. The molecular formula is C12H22F3NO2. The highest BCUT2D eigenvalue weighted by molar-refractivity contribution is 4.75. The SMILES string of the molecule is NCC1CCCCC1COCCOCC(F)(F)F. The first-order valence-corrected chi connectivity index (χ1v) is 6.45. The van der Waals surface area contributed by atoms with Crippen molar-refractivity contribution in [3.05, 3.63) is 0 Å². The van der Waals surface area contributed by atoms with E-state index in [2.05, 4.69) is 4.74 Å². The van der Waals surface area contributed by atoms with Crippen molar-refractivity contribution >= 4 is 0 Å². The fraction of sp³-hybridized carbons (Fsp3) is 1.00. The van der Waals surface area contributed by atoms with Crippen molar-refractivity contribution in [2.24, 2.45) is 17.6 Å². The monoisotopic (exact) mass is 269 g/mol. The second-order valence-electron chi connectivity index (χ2n) is 4.78. The maximum Gasteiger partial charge on any atom is 0.411 e. The van der Waals surface area contributed by atoms with E-state index in [4.69, 9.17) is 10.5 Å². The quantitative estimate of drug-likeness (QED) is 0.721. The molecule has 2 N–H and O–H groups in total. The van der Waals surface area contributed by atoms with E-state index in [-0.39, 0.29) is 13.2 Å². The van der Waals surface area contributed by atoms with E-state index in [9.17, 15) is 13.2 Å². The van der Waals surface area contributed by atoms with Crippen molar-refractivity contribution in [3.8, 4) is 0 Å². The standard InChI is InChI=1S/C12H22F3NO2/c13-12(14,15)9-18-6-5-17-8-11-4-2-1-3-10(11)7-16/h10-11H,1-9,16H2. The van der Waals surface area contributed by atoms with Crippen LogP contribution < -0.4 is 5.73 Å². The van der Waals surface area contributed by atoms with Gasteiger partial charge < -0.3 is 15.2 Å². The summed E-state index contributed by atoms with van der Waals surface area (Å²) >= 11 is 0. The predicted octanol–water partition coefficient (Wildman–Crippen LogP) is 2.35. The van der Waals surface area contributed by atoms with Gasteiger partial charge in [-0.3, -0.25) is 0 Å². The molecule has 0 spiro atoms. The van der Waals surface area contributed by atoms with Gasteiger partial charge in [-0.2, -0.15) is 13.2 Å². The van der Waals surface area contributed by atoms with Crippen LogP contribution in [0.5, 0.6) is 0 Å². The molecule has 0 saturated heterocycles. The van der Waals surface area contributed by atoms with Gasteiger partial charge in [0.25, 0.3) is 0 Å². The van der Waals surface area contributed by atoms with Crippen molar-refractivity contribution in [2.45, 2.75) is 31.9 Å². The Bertz CT molecular complexity index is 224. The Balaban J connectivity index is 2.03. The van der Waals surface area contributed by atoms with Crippen LogP contribution in [0.25, 0.3) is 0 Å². The van der Waals surface area contributed by atoms with Crippen LogP contribution in [0.2, 0.25) is 0 Å². The van der Waals surface area contributed by atoms with Crippen LogP contribution in [-0.4, -0.2) is 39.1 Å². The summed E-state index contributed by atoms with van der Waals surface area (Å²) in [4.78, 5) is 0. The van der Waals surface area contributed by atoms with E-state index >= 15 is 0 Å². The Morgan fingerprint density at radius 3 is 2.22 bits per heavy atom. The minimum Gasteiger partial charge on any atom is -0.379 e. The number of rotatable bonds is 7. The van der Waals surface area contributed by atoms with Crippen LogP contribution in [0.3, 0.4) is 0 Å². The Labute approximate surface area is 106 Å². The summed E-state index contributed by atoms with van der Waals surface area (Å²) in [5, 5.41) is 0. The van der Waals surface area contributed by atoms with Gasteiger partial charge in [0.2, 0.25) is 0 Å². The van der Waals surface area contributed by atoms with Crippen molar-refractivity contribution in [3.63, 3.8) is 0 Å². The number of halogens is 3. The van der Waals surface area contributed by atoms with E-state index in [0.29, 0.717) is 25.0 Å². The second kappa shape index (κ2) is 7.96. The molecule has 1 aliphatic rings. The molecular weight excluding hydrogens is 247 g/mol. The van der Waals surface area contributed by atoms with Crippen molar-refractivity contribution < 1.29 is 22.6 Å². The first-order valence-electron chi connectivity index (χ1n) is 6.45. The molecule has 0 aromatic carbocycles. The lowest BCUT2D eigenvalue weighted by Gasteiger charge is -2.30. The molecule has 0 amide bonds. The van der Waals surface area contributed by atoms with Crippen molar-refractivity contribution in [2.75, 3.05) is 33.0 Å². The first-order chi connectivity index (χ1) is 8.53. The fourth-order valence-electron chi connectivity index (χ4n) is 2.35. The highest BCUT2D eigenvalue weighted by Crippen LogP contribution is 2.29. The van der Waals surface area contributed by atoms with Crippen LogP contribution in [-0.2, 0) is 9.47 Å². The van der Waals surface area contributed by atoms with Gasteiger partial charge in [-0.1, -0.05) is 12.8 Å². The molecule has 2 unspecified atom stereocenters. The largest absolute Gasteiger partial charge is 0.411 e. The Morgan fingerprint density at radius 2 is 1.61 bits per heavy atom. The molecule has 1 fully saturated rings. The molecule has 3 nitrogen and oxygen atoms in total. The molecule has 1 saturated carbocycles. The molecule has 18 heavy (non-hydrogen) atoms. The van der Waals surface area contributed by atoms with E-state index in [1.54, 1.807) is 0 Å². The summed E-state index contributed by atoms with van der Waals surface area (Å²) in [6.45, 7) is 0.241. The second-order valence-corrected chi connectivity index (χ2v) is 4.78. The van der Waals surface area contributed by atoms with E-state index in [0.717, 1.165) is 12.8 Å². The topological polar surface area (TPSA) is 44.5 Å². The maximum absolute atomic E-state index is 11.8. The van der Waals surface area contributed by atoms with Gasteiger partial charge in [0, 0.05) is 6.61 Å². The third-order valence-electron chi connectivity index (χ3n) is 3.34. The molecule has 0 heterocycles. The van der Waals surface area contributed by atoms with Crippen molar-refractivity contribution in [1.29, 1.82) is 0 Å². The molecule has 2 atom stereocenters. The Hall–Kier alpha value is -0.330. The minimum absolute atomic E-state index is 0.0144. The van der Waals surface area contributed by atoms with Gasteiger partial charge in [-0.25, -0.2) is 0 Å². The summed E-state index contributed by atoms with van der Waals surface area (Å²) in [5.74, 6) is 0.946. The van der Waals surface area contributed by atoms with E-state index in [1.807, 2.05) is 0 Å². The molecule has 1 rings (SSSR count). The smallest absolute Gasteiger partial charge is 0.379 e. The lowest BCUT2D eigenvalue weighted by atomic mass is 9.80.